The molecule has 0 atom stereocenters. The zero-order valence-corrected chi connectivity index (χ0v) is 10.7. The molecule has 0 unspecified atom stereocenters. The van der Waals surface area contributed by atoms with Crippen LogP contribution in [0, 0.1) is 0 Å². The van der Waals surface area contributed by atoms with Gasteiger partial charge in [-0.2, -0.15) is 0 Å². The van der Waals surface area contributed by atoms with Crippen molar-refractivity contribution in [2.75, 3.05) is 6.61 Å². The molecule has 0 aromatic carbocycles. The Bertz CT molecular complexity index is 341. The third-order valence-electron chi connectivity index (χ3n) is 2.31. The van der Waals surface area contributed by atoms with Crippen LogP contribution in [0.4, 0.5) is 0 Å². The van der Waals surface area contributed by atoms with Crippen LogP contribution in [-0.2, 0) is 4.74 Å². The van der Waals surface area contributed by atoms with Crippen LogP contribution in [0.15, 0.2) is 12.4 Å². The first-order chi connectivity index (χ1) is 8.24. The number of unbranched alkanes of at least 4 members (excludes halogenated alkanes) is 4. The molecule has 0 amide bonds. The Hall–Kier alpha value is -1.16. The van der Waals surface area contributed by atoms with Crippen molar-refractivity contribution in [3.05, 3.63) is 23.2 Å². The molecule has 5 heteroatoms. The maximum Gasteiger partial charge on any atom is 0.358 e. The molecule has 0 saturated carbocycles. The smallest absolute Gasteiger partial charge is 0.358 e. The summed E-state index contributed by atoms with van der Waals surface area (Å²) in [7, 11) is 0. The van der Waals surface area contributed by atoms with Gasteiger partial charge in [-0.05, 0) is 6.42 Å². The van der Waals surface area contributed by atoms with E-state index in [0.29, 0.717) is 6.61 Å². The van der Waals surface area contributed by atoms with Crippen molar-refractivity contribution in [1.82, 2.24) is 9.97 Å². The van der Waals surface area contributed by atoms with E-state index in [4.69, 9.17) is 16.3 Å². The Morgan fingerprint density at radius 2 is 2.00 bits per heavy atom. The number of ether oxygens (including phenoxy) is 1. The van der Waals surface area contributed by atoms with Gasteiger partial charge >= 0.3 is 5.97 Å². The van der Waals surface area contributed by atoms with Crippen LogP contribution in [0.1, 0.15) is 49.5 Å². The number of hydrogen-bond donors (Lipinski definition) is 0. The lowest BCUT2D eigenvalue weighted by molar-refractivity contribution is 0.0490. The normalized spacial score (nSPS) is 10.2. The highest BCUT2D eigenvalue weighted by atomic mass is 35.5. The van der Waals surface area contributed by atoms with E-state index in [1.807, 2.05) is 0 Å². The molecular formula is C12H17ClN2O2. The van der Waals surface area contributed by atoms with E-state index in [2.05, 4.69) is 16.9 Å². The Morgan fingerprint density at radius 1 is 1.24 bits per heavy atom. The fraction of sp³-hybridized carbons (Fsp3) is 0.583. The van der Waals surface area contributed by atoms with Gasteiger partial charge in [-0.1, -0.05) is 44.2 Å². The Balaban J connectivity index is 2.19. The number of aromatic nitrogens is 2. The number of carbonyl (C=O) groups excluding carboxylic acids is 1. The van der Waals surface area contributed by atoms with Gasteiger partial charge < -0.3 is 4.74 Å². The quantitative estimate of drug-likeness (QED) is 0.555. The van der Waals surface area contributed by atoms with E-state index in [9.17, 15) is 4.79 Å². The Kier molecular flexibility index (Phi) is 6.55. The summed E-state index contributed by atoms with van der Waals surface area (Å²) in [4.78, 5) is 19.1. The van der Waals surface area contributed by atoms with E-state index in [-0.39, 0.29) is 10.8 Å². The third kappa shape index (κ3) is 5.63. The first-order valence-corrected chi connectivity index (χ1v) is 6.26. The van der Waals surface area contributed by atoms with Crippen LogP contribution in [0.2, 0.25) is 5.15 Å². The maximum absolute atomic E-state index is 11.5. The van der Waals surface area contributed by atoms with Crippen molar-refractivity contribution in [2.45, 2.75) is 39.0 Å². The van der Waals surface area contributed by atoms with Gasteiger partial charge in [0.25, 0.3) is 0 Å². The lowest BCUT2D eigenvalue weighted by Crippen LogP contribution is -2.08. The molecule has 1 aromatic rings. The molecule has 0 aliphatic carbocycles. The van der Waals surface area contributed by atoms with Crippen LogP contribution < -0.4 is 0 Å². The first-order valence-electron chi connectivity index (χ1n) is 5.88. The summed E-state index contributed by atoms with van der Waals surface area (Å²) in [6, 6.07) is 0. The number of hydrogen-bond acceptors (Lipinski definition) is 4. The standard InChI is InChI=1S/C12H17ClN2O2/c1-2-3-4-5-6-7-17-12(16)10-8-15-11(13)9-14-10/h8-9H,2-7H2,1H3. The second kappa shape index (κ2) is 8.01. The van der Waals surface area contributed by atoms with Gasteiger partial charge in [0.2, 0.25) is 0 Å². The summed E-state index contributed by atoms with van der Waals surface area (Å²) in [6.45, 7) is 2.60. The monoisotopic (exact) mass is 256 g/mol. The van der Waals surface area contributed by atoms with E-state index in [0.717, 1.165) is 12.8 Å². The molecule has 94 valence electrons. The highest BCUT2D eigenvalue weighted by molar-refractivity contribution is 6.29. The molecule has 0 spiro atoms. The molecule has 1 heterocycles. The third-order valence-corrected chi connectivity index (χ3v) is 2.51. The van der Waals surface area contributed by atoms with Gasteiger partial charge in [0.15, 0.2) is 5.69 Å². The number of carbonyl (C=O) groups is 1. The summed E-state index contributed by atoms with van der Waals surface area (Å²) < 4.78 is 5.06. The Labute approximate surface area is 106 Å². The molecule has 0 saturated heterocycles. The van der Waals surface area contributed by atoms with Crippen LogP contribution in [0.3, 0.4) is 0 Å². The fourth-order valence-electron chi connectivity index (χ4n) is 1.36. The van der Waals surface area contributed by atoms with E-state index < -0.39 is 5.97 Å². The average molecular weight is 257 g/mol. The highest BCUT2D eigenvalue weighted by Crippen LogP contribution is 2.05. The largest absolute Gasteiger partial charge is 0.461 e. The zero-order chi connectivity index (χ0) is 12.5. The summed E-state index contributed by atoms with van der Waals surface area (Å²) in [5, 5.41) is 0.265. The minimum Gasteiger partial charge on any atom is -0.461 e. The Morgan fingerprint density at radius 3 is 2.65 bits per heavy atom. The minimum absolute atomic E-state index is 0.197. The van der Waals surface area contributed by atoms with E-state index >= 15 is 0 Å². The molecule has 0 bridgehead atoms. The van der Waals surface area contributed by atoms with Crippen molar-refractivity contribution in [1.29, 1.82) is 0 Å². The van der Waals surface area contributed by atoms with Gasteiger partial charge in [0, 0.05) is 0 Å². The molecular weight excluding hydrogens is 240 g/mol. The summed E-state index contributed by atoms with van der Waals surface area (Å²) in [5.74, 6) is -0.440. The lowest BCUT2D eigenvalue weighted by atomic mass is 10.2. The number of halogens is 1. The fourth-order valence-corrected chi connectivity index (χ4v) is 1.46. The topological polar surface area (TPSA) is 52.1 Å². The molecule has 1 rings (SSSR count). The molecule has 0 fully saturated rings. The minimum atomic E-state index is -0.440. The molecule has 0 aliphatic heterocycles. The predicted octanol–water partition coefficient (Wildman–Crippen LogP) is 3.26. The second-order valence-electron chi connectivity index (χ2n) is 3.77. The highest BCUT2D eigenvalue weighted by Gasteiger charge is 2.08. The molecule has 17 heavy (non-hydrogen) atoms. The molecule has 1 aromatic heterocycles. The summed E-state index contributed by atoms with van der Waals surface area (Å²) >= 11 is 5.57. The molecule has 0 N–H and O–H groups in total. The predicted molar refractivity (Wildman–Crippen MR) is 66.1 cm³/mol. The molecule has 0 aliphatic rings. The van der Waals surface area contributed by atoms with Gasteiger partial charge in [-0.25, -0.2) is 14.8 Å². The SMILES string of the molecule is CCCCCCCOC(=O)c1cnc(Cl)cn1. The maximum atomic E-state index is 11.5. The van der Waals surface area contributed by atoms with Crippen molar-refractivity contribution in [2.24, 2.45) is 0 Å². The van der Waals surface area contributed by atoms with Crippen LogP contribution in [-0.4, -0.2) is 22.5 Å². The van der Waals surface area contributed by atoms with Crippen molar-refractivity contribution >= 4 is 17.6 Å². The van der Waals surface area contributed by atoms with Gasteiger partial charge in [-0.15, -0.1) is 0 Å². The molecule has 0 radical (unpaired) electrons. The number of esters is 1. The number of rotatable bonds is 7. The van der Waals surface area contributed by atoms with Crippen molar-refractivity contribution < 1.29 is 9.53 Å². The first kappa shape index (κ1) is 13.9. The van der Waals surface area contributed by atoms with Crippen LogP contribution in [0.25, 0.3) is 0 Å². The van der Waals surface area contributed by atoms with Crippen molar-refractivity contribution in [3.8, 4) is 0 Å². The van der Waals surface area contributed by atoms with Gasteiger partial charge in [0.05, 0.1) is 19.0 Å². The zero-order valence-electron chi connectivity index (χ0n) is 9.99. The summed E-state index contributed by atoms with van der Waals surface area (Å²) in [5.41, 5.74) is 0.197. The second-order valence-corrected chi connectivity index (χ2v) is 4.16. The van der Waals surface area contributed by atoms with Crippen molar-refractivity contribution in [3.63, 3.8) is 0 Å². The lowest BCUT2D eigenvalue weighted by Gasteiger charge is -2.03. The van der Waals surface area contributed by atoms with Crippen LogP contribution in [0.5, 0.6) is 0 Å². The average Bonchev–Trinajstić information content (AvgIpc) is 2.34. The van der Waals surface area contributed by atoms with Gasteiger partial charge in [-0.3, -0.25) is 0 Å². The van der Waals surface area contributed by atoms with E-state index in [1.54, 1.807) is 0 Å². The molecule has 4 nitrogen and oxygen atoms in total. The van der Waals surface area contributed by atoms with Crippen LogP contribution >= 0.6 is 11.6 Å². The number of nitrogens with zero attached hydrogens (tertiary/aromatic N) is 2. The van der Waals surface area contributed by atoms with E-state index in [1.165, 1.54) is 31.7 Å². The van der Waals surface area contributed by atoms with Gasteiger partial charge in [0.1, 0.15) is 5.15 Å². The summed E-state index contributed by atoms with van der Waals surface area (Å²) in [6.07, 6.45) is 8.27.